The highest BCUT2D eigenvalue weighted by molar-refractivity contribution is 8.00. The topological polar surface area (TPSA) is 69.9 Å². The molecule has 0 spiro atoms. The molecule has 0 amide bonds. The van der Waals surface area contributed by atoms with Gasteiger partial charge in [0, 0.05) is 12.6 Å². The molecule has 23 heavy (non-hydrogen) atoms. The number of fused-ring (bicyclic) bond motifs is 1. The second kappa shape index (κ2) is 6.37. The highest BCUT2D eigenvalue weighted by atomic mass is 32.2. The van der Waals surface area contributed by atoms with Crippen LogP contribution < -0.4 is 4.74 Å². The summed E-state index contributed by atoms with van der Waals surface area (Å²) in [5.74, 6) is 0.781. The first-order valence-corrected chi connectivity index (χ1v) is 7.95. The Morgan fingerprint density at radius 1 is 1.26 bits per heavy atom. The minimum absolute atomic E-state index is 0.0494. The van der Waals surface area contributed by atoms with E-state index in [-0.39, 0.29) is 11.0 Å². The van der Waals surface area contributed by atoms with E-state index in [0.29, 0.717) is 5.56 Å². The first-order chi connectivity index (χ1) is 11.1. The summed E-state index contributed by atoms with van der Waals surface area (Å²) in [6, 6.07) is 7.12. The van der Waals surface area contributed by atoms with Crippen molar-refractivity contribution in [3.05, 3.63) is 42.4 Å². The van der Waals surface area contributed by atoms with Gasteiger partial charge in [0.2, 0.25) is 0 Å². The van der Waals surface area contributed by atoms with Crippen LogP contribution in [0.2, 0.25) is 0 Å². The molecule has 118 valence electrons. The molecule has 0 saturated carbocycles. The molecule has 6 nitrogen and oxygen atoms in total. The molecule has 7 heteroatoms. The van der Waals surface area contributed by atoms with Gasteiger partial charge in [-0.2, -0.15) is 5.10 Å². The normalized spacial score (nSPS) is 12.3. The van der Waals surface area contributed by atoms with Crippen molar-refractivity contribution in [2.45, 2.75) is 17.2 Å². The van der Waals surface area contributed by atoms with Gasteiger partial charge >= 0.3 is 0 Å². The van der Waals surface area contributed by atoms with Crippen molar-refractivity contribution in [2.75, 3.05) is 7.11 Å². The van der Waals surface area contributed by atoms with Gasteiger partial charge in [0.15, 0.2) is 11.4 Å². The number of benzene rings is 1. The lowest BCUT2D eigenvalue weighted by molar-refractivity contribution is 0.0994. The van der Waals surface area contributed by atoms with Crippen LogP contribution in [0.3, 0.4) is 0 Å². The number of hydrogen-bond donors (Lipinski definition) is 0. The number of Topliss-reactive ketones (excluding diaryl/α,β-unsaturated/α-hetero) is 1. The molecule has 0 saturated heterocycles. The van der Waals surface area contributed by atoms with Gasteiger partial charge in [0.1, 0.15) is 17.1 Å². The van der Waals surface area contributed by atoms with Gasteiger partial charge in [0.25, 0.3) is 0 Å². The van der Waals surface area contributed by atoms with Gasteiger partial charge in [-0.1, -0.05) is 11.8 Å². The zero-order chi connectivity index (χ0) is 16.4. The Morgan fingerprint density at radius 2 is 2.00 bits per heavy atom. The maximum Gasteiger partial charge on any atom is 0.175 e. The smallest absolute Gasteiger partial charge is 0.175 e. The summed E-state index contributed by atoms with van der Waals surface area (Å²) < 4.78 is 6.80. The molecule has 3 rings (SSSR count). The number of ketones is 1. The maximum atomic E-state index is 12.6. The van der Waals surface area contributed by atoms with Crippen molar-refractivity contribution < 1.29 is 9.53 Å². The summed E-state index contributed by atoms with van der Waals surface area (Å²) in [7, 11) is 3.43. The molecule has 0 aliphatic heterocycles. The van der Waals surface area contributed by atoms with Crippen LogP contribution >= 0.6 is 11.8 Å². The van der Waals surface area contributed by atoms with Crippen molar-refractivity contribution in [3.8, 4) is 5.75 Å². The predicted molar refractivity (Wildman–Crippen MR) is 88.9 cm³/mol. The van der Waals surface area contributed by atoms with Crippen molar-refractivity contribution in [1.82, 2.24) is 19.7 Å². The number of carbonyl (C=O) groups excluding carboxylic acids is 1. The van der Waals surface area contributed by atoms with Crippen LogP contribution in [-0.2, 0) is 7.05 Å². The molecule has 1 atom stereocenters. The zero-order valence-corrected chi connectivity index (χ0v) is 13.9. The zero-order valence-electron chi connectivity index (χ0n) is 13.1. The fourth-order valence-corrected chi connectivity index (χ4v) is 3.20. The van der Waals surface area contributed by atoms with Gasteiger partial charge in [0.05, 0.1) is 23.9 Å². The van der Waals surface area contributed by atoms with Crippen LogP contribution in [0.1, 0.15) is 17.3 Å². The average molecular weight is 328 g/mol. The first-order valence-electron chi connectivity index (χ1n) is 7.08. The molecule has 3 aromatic rings. The van der Waals surface area contributed by atoms with E-state index in [0.717, 1.165) is 21.8 Å². The van der Waals surface area contributed by atoms with E-state index < -0.39 is 0 Å². The van der Waals surface area contributed by atoms with Gasteiger partial charge in [-0.05, 0) is 31.2 Å². The predicted octanol–water partition coefficient (Wildman–Crippen LogP) is 2.74. The molecular formula is C16H16N4O2S. The fourth-order valence-electron chi connectivity index (χ4n) is 2.25. The van der Waals surface area contributed by atoms with Crippen LogP contribution in [0.5, 0.6) is 5.75 Å². The molecule has 0 aliphatic rings. The van der Waals surface area contributed by atoms with Gasteiger partial charge < -0.3 is 4.74 Å². The Bertz CT molecular complexity index is 845. The molecule has 1 aromatic carbocycles. The average Bonchev–Trinajstić information content (AvgIpc) is 2.97. The molecule has 0 N–H and O–H groups in total. The molecular weight excluding hydrogens is 312 g/mol. The number of methoxy groups -OCH3 is 1. The molecule has 0 fully saturated rings. The summed E-state index contributed by atoms with van der Waals surface area (Å²) in [5, 5.41) is 5.54. The second-order valence-corrected chi connectivity index (χ2v) is 6.37. The SMILES string of the molecule is COc1ccc(C(=O)[C@@H](C)Sc2ncnc3c2cnn3C)cc1. The monoisotopic (exact) mass is 328 g/mol. The third-order valence-electron chi connectivity index (χ3n) is 3.53. The molecule has 2 heterocycles. The summed E-state index contributed by atoms with van der Waals surface area (Å²) in [6.45, 7) is 1.88. The van der Waals surface area contributed by atoms with Crippen LogP contribution in [-0.4, -0.2) is 37.9 Å². The second-order valence-electron chi connectivity index (χ2n) is 5.04. The molecule has 2 aromatic heterocycles. The number of thioether (sulfide) groups is 1. The lowest BCUT2D eigenvalue weighted by Gasteiger charge is -2.10. The number of ether oxygens (including phenoxy) is 1. The maximum absolute atomic E-state index is 12.6. The van der Waals surface area contributed by atoms with E-state index in [1.54, 1.807) is 42.3 Å². The van der Waals surface area contributed by atoms with E-state index in [2.05, 4.69) is 15.1 Å². The van der Waals surface area contributed by atoms with Gasteiger partial charge in [-0.25, -0.2) is 9.97 Å². The van der Waals surface area contributed by atoms with Crippen molar-refractivity contribution in [2.24, 2.45) is 7.05 Å². The Balaban J connectivity index is 1.82. The third kappa shape index (κ3) is 3.05. The number of aromatic nitrogens is 4. The lowest BCUT2D eigenvalue weighted by Crippen LogP contribution is -2.13. The van der Waals surface area contributed by atoms with E-state index in [1.165, 1.54) is 18.1 Å². The highest BCUT2D eigenvalue weighted by Crippen LogP contribution is 2.29. The van der Waals surface area contributed by atoms with E-state index in [4.69, 9.17) is 4.74 Å². The number of carbonyl (C=O) groups is 1. The van der Waals surface area contributed by atoms with E-state index >= 15 is 0 Å². The van der Waals surface area contributed by atoms with Crippen LogP contribution in [0.15, 0.2) is 41.8 Å². The van der Waals surface area contributed by atoms with Gasteiger partial charge in [-0.3, -0.25) is 9.48 Å². The highest BCUT2D eigenvalue weighted by Gasteiger charge is 2.19. The van der Waals surface area contributed by atoms with Crippen LogP contribution in [0.4, 0.5) is 0 Å². The molecule has 0 aliphatic carbocycles. The number of aryl methyl sites for hydroxylation is 1. The molecule has 0 radical (unpaired) electrons. The Hall–Kier alpha value is -2.41. The van der Waals surface area contributed by atoms with Crippen LogP contribution in [0.25, 0.3) is 11.0 Å². The number of nitrogens with zero attached hydrogens (tertiary/aromatic N) is 4. The summed E-state index contributed by atoms with van der Waals surface area (Å²) in [4.78, 5) is 21.1. The lowest BCUT2D eigenvalue weighted by atomic mass is 10.1. The summed E-state index contributed by atoms with van der Waals surface area (Å²) in [6.07, 6.45) is 3.22. The summed E-state index contributed by atoms with van der Waals surface area (Å²) >= 11 is 1.41. The Morgan fingerprint density at radius 3 is 2.70 bits per heavy atom. The van der Waals surface area contributed by atoms with Crippen molar-refractivity contribution >= 4 is 28.6 Å². The van der Waals surface area contributed by atoms with Crippen molar-refractivity contribution in [1.29, 1.82) is 0 Å². The minimum Gasteiger partial charge on any atom is -0.497 e. The number of rotatable bonds is 5. The Kier molecular flexibility index (Phi) is 4.29. The number of hydrogen-bond acceptors (Lipinski definition) is 6. The molecule has 0 unspecified atom stereocenters. The summed E-state index contributed by atoms with van der Waals surface area (Å²) in [5.41, 5.74) is 1.41. The van der Waals surface area contributed by atoms with Gasteiger partial charge in [-0.15, -0.1) is 0 Å². The third-order valence-corrected chi connectivity index (χ3v) is 4.64. The minimum atomic E-state index is -0.262. The van der Waals surface area contributed by atoms with E-state index in [1.807, 2.05) is 14.0 Å². The van der Waals surface area contributed by atoms with Crippen molar-refractivity contribution in [3.63, 3.8) is 0 Å². The first kappa shape index (κ1) is 15.5. The largest absolute Gasteiger partial charge is 0.497 e. The fraction of sp³-hybridized carbons (Fsp3) is 0.250. The molecule has 0 bridgehead atoms. The van der Waals surface area contributed by atoms with Crippen LogP contribution in [0, 0.1) is 0 Å². The standard InChI is InChI=1S/C16H16N4O2S/c1-10(14(21)11-4-6-12(22-3)7-5-11)23-16-13-8-19-20(2)15(13)17-9-18-16/h4-10H,1-3H3/t10-/m1/s1. The van der Waals surface area contributed by atoms with E-state index in [9.17, 15) is 4.79 Å². The quantitative estimate of drug-likeness (QED) is 0.407. The Labute approximate surface area is 137 Å².